The van der Waals surface area contributed by atoms with Crippen LogP contribution in [-0.4, -0.2) is 17.6 Å². The Kier molecular flexibility index (Phi) is 3.81. The molecule has 0 saturated carbocycles. The first kappa shape index (κ1) is 12.8. The van der Waals surface area contributed by atoms with Crippen LogP contribution in [0.5, 0.6) is 0 Å². The van der Waals surface area contributed by atoms with Gasteiger partial charge in [-0.2, -0.15) is 0 Å². The van der Waals surface area contributed by atoms with Gasteiger partial charge in [0.2, 0.25) is 0 Å². The summed E-state index contributed by atoms with van der Waals surface area (Å²) in [5.74, 6) is -0.0447. The predicted octanol–water partition coefficient (Wildman–Crippen LogP) is 3.59. The first-order valence-electron chi connectivity index (χ1n) is 5.50. The quantitative estimate of drug-likeness (QED) is 0.813. The van der Waals surface area contributed by atoms with Gasteiger partial charge in [-0.05, 0) is 37.6 Å². The highest BCUT2D eigenvalue weighted by Gasteiger charge is 2.19. The fraction of sp³-hybridized carbons (Fsp3) is 0.231. The Bertz CT molecular complexity index is 557. The average Bonchev–Trinajstić information content (AvgIpc) is 2.76. The van der Waals surface area contributed by atoms with E-state index in [1.54, 1.807) is 6.92 Å². The third-order valence-corrected chi connectivity index (χ3v) is 2.80. The second-order valence-electron chi connectivity index (χ2n) is 3.77. The minimum atomic E-state index is -0.473. The van der Waals surface area contributed by atoms with Gasteiger partial charge in [0.05, 0.1) is 6.61 Å². The minimum Gasteiger partial charge on any atom is -0.461 e. The fourth-order valence-corrected chi connectivity index (χ4v) is 2.27. The van der Waals surface area contributed by atoms with Gasteiger partial charge in [-0.1, -0.05) is 15.9 Å². The van der Waals surface area contributed by atoms with Crippen LogP contribution in [0.2, 0.25) is 0 Å². The lowest BCUT2D eigenvalue weighted by atomic mass is 10.1. The molecular weight excluding hydrogens is 298 g/mol. The van der Waals surface area contributed by atoms with Gasteiger partial charge in [0.1, 0.15) is 0 Å². The average molecular weight is 310 g/mol. The van der Waals surface area contributed by atoms with E-state index in [0.717, 1.165) is 15.6 Å². The van der Waals surface area contributed by atoms with Crippen molar-refractivity contribution in [2.75, 3.05) is 6.61 Å². The molecule has 1 heterocycles. The Morgan fingerprint density at radius 1 is 1.44 bits per heavy atom. The van der Waals surface area contributed by atoms with Crippen molar-refractivity contribution in [3.05, 3.63) is 40.3 Å². The molecule has 18 heavy (non-hydrogen) atoms. The van der Waals surface area contributed by atoms with Gasteiger partial charge < -0.3 is 9.15 Å². The molecule has 0 aliphatic carbocycles. The molecule has 0 atom stereocenters. The number of carbonyl (C=O) groups is 1. The number of oxazole rings is 1. The predicted molar refractivity (Wildman–Crippen MR) is 70.3 cm³/mol. The molecule has 0 saturated heterocycles. The second-order valence-corrected chi connectivity index (χ2v) is 4.68. The van der Waals surface area contributed by atoms with Gasteiger partial charge in [-0.25, -0.2) is 9.78 Å². The lowest BCUT2D eigenvalue weighted by Crippen LogP contribution is -2.06. The van der Waals surface area contributed by atoms with E-state index in [0.29, 0.717) is 12.4 Å². The molecule has 94 valence electrons. The molecule has 0 radical (unpaired) electrons. The number of benzene rings is 1. The van der Waals surface area contributed by atoms with E-state index in [1.807, 2.05) is 25.1 Å². The van der Waals surface area contributed by atoms with Crippen molar-refractivity contribution in [2.45, 2.75) is 13.8 Å². The summed E-state index contributed by atoms with van der Waals surface area (Å²) in [6, 6.07) is 5.77. The molecule has 0 aliphatic heterocycles. The Labute approximate surface area is 113 Å². The van der Waals surface area contributed by atoms with Crippen molar-refractivity contribution in [1.82, 2.24) is 4.98 Å². The highest BCUT2D eigenvalue weighted by Crippen LogP contribution is 2.27. The largest absolute Gasteiger partial charge is 0.461 e. The Morgan fingerprint density at radius 3 is 2.89 bits per heavy atom. The normalized spacial score (nSPS) is 10.4. The highest BCUT2D eigenvalue weighted by atomic mass is 79.9. The number of hydrogen-bond donors (Lipinski definition) is 0. The van der Waals surface area contributed by atoms with Crippen molar-refractivity contribution in [3.63, 3.8) is 0 Å². The number of halogens is 1. The van der Waals surface area contributed by atoms with Crippen molar-refractivity contribution >= 4 is 21.9 Å². The van der Waals surface area contributed by atoms with Crippen molar-refractivity contribution in [1.29, 1.82) is 0 Å². The lowest BCUT2D eigenvalue weighted by molar-refractivity contribution is 0.0520. The monoisotopic (exact) mass is 309 g/mol. The second kappa shape index (κ2) is 5.35. The van der Waals surface area contributed by atoms with Gasteiger partial charge >= 0.3 is 5.97 Å². The summed E-state index contributed by atoms with van der Waals surface area (Å²) < 4.78 is 11.2. The van der Waals surface area contributed by atoms with E-state index < -0.39 is 5.97 Å². The molecule has 1 aromatic carbocycles. The topological polar surface area (TPSA) is 52.3 Å². The Hall–Kier alpha value is -1.62. The van der Waals surface area contributed by atoms with Gasteiger partial charge in [-0.15, -0.1) is 0 Å². The highest BCUT2D eigenvalue weighted by molar-refractivity contribution is 9.10. The number of aromatic nitrogens is 1. The molecule has 2 rings (SSSR count). The van der Waals surface area contributed by atoms with Gasteiger partial charge in [0, 0.05) is 10.0 Å². The van der Waals surface area contributed by atoms with Crippen molar-refractivity contribution in [3.8, 4) is 11.3 Å². The molecule has 0 bridgehead atoms. The van der Waals surface area contributed by atoms with E-state index in [4.69, 9.17) is 9.15 Å². The molecule has 0 aliphatic rings. The Balaban J connectivity index is 2.45. The van der Waals surface area contributed by atoms with Gasteiger partial charge in [0.15, 0.2) is 17.8 Å². The first-order chi connectivity index (χ1) is 8.61. The summed E-state index contributed by atoms with van der Waals surface area (Å²) in [5, 5.41) is 0. The number of hydrogen-bond acceptors (Lipinski definition) is 4. The zero-order chi connectivity index (χ0) is 13.1. The maximum absolute atomic E-state index is 11.7. The summed E-state index contributed by atoms with van der Waals surface area (Å²) in [6.45, 7) is 4.03. The summed E-state index contributed by atoms with van der Waals surface area (Å²) in [6.07, 6.45) is 1.25. The van der Waals surface area contributed by atoms with Crippen LogP contribution in [0.15, 0.2) is 33.5 Å². The molecule has 4 nitrogen and oxygen atoms in total. The van der Waals surface area contributed by atoms with Crippen LogP contribution in [0.4, 0.5) is 0 Å². The molecule has 0 N–H and O–H groups in total. The smallest absolute Gasteiger partial charge is 0.360 e. The molecule has 5 heteroatoms. The zero-order valence-corrected chi connectivity index (χ0v) is 11.7. The molecular formula is C13H12BrNO3. The van der Waals surface area contributed by atoms with Gasteiger partial charge in [0.25, 0.3) is 0 Å². The third-order valence-electron chi connectivity index (χ3n) is 2.34. The van der Waals surface area contributed by atoms with E-state index in [1.165, 1.54) is 6.39 Å². The fourth-order valence-electron chi connectivity index (χ4n) is 1.66. The number of ether oxygens (including phenoxy) is 1. The first-order valence-corrected chi connectivity index (χ1v) is 6.29. The van der Waals surface area contributed by atoms with Crippen LogP contribution in [0, 0.1) is 6.92 Å². The van der Waals surface area contributed by atoms with E-state index in [-0.39, 0.29) is 5.69 Å². The van der Waals surface area contributed by atoms with Gasteiger partial charge in [-0.3, -0.25) is 0 Å². The minimum absolute atomic E-state index is 0.203. The molecule has 1 aromatic heterocycles. The van der Waals surface area contributed by atoms with Crippen LogP contribution in [-0.2, 0) is 4.74 Å². The number of nitrogens with zero attached hydrogens (tertiary/aromatic N) is 1. The van der Waals surface area contributed by atoms with Crippen LogP contribution >= 0.6 is 15.9 Å². The van der Waals surface area contributed by atoms with Crippen molar-refractivity contribution < 1.29 is 13.9 Å². The van der Waals surface area contributed by atoms with Crippen molar-refractivity contribution in [2.24, 2.45) is 0 Å². The van der Waals surface area contributed by atoms with E-state index in [2.05, 4.69) is 20.9 Å². The zero-order valence-electron chi connectivity index (χ0n) is 10.1. The van der Waals surface area contributed by atoms with Crippen LogP contribution in [0.25, 0.3) is 11.3 Å². The molecule has 0 amide bonds. The summed E-state index contributed by atoms with van der Waals surface area (Å²) in [7, 11) is 0. The molecule has 0 unspecified atom stereocenters. The molecule has 0 spiro atoms. The summed E-state index contributed by atoms with van der Waals surface area (Å²) in [5.41, 5.74) is 2.06. The molecule has 2 aromatic rings. The standard InChI is InChI=1S/C13H12BrNO3/c1-3-17-13(16)11-12(18-7-15-11)9-4-8(2)5-10(14)6-9/h4-7H,3H2,1-2H3. The van der Waals surface area contributed by atoms with Crippen LogP contribution in [0.3, 0.4) is 0 Å². The number of rotatable bonds is 3. The summed E-state index contributed by atoms with van der Waals surface area (Å²) in [4.78, 5) is 15.6. The van der Waals surface area contributed by atoms with E-state index in [9.17, 15) is 4.79 Å². The van der Waals surface area contributed by atoms with Crippen LogP contribution in [0.1, 0.15) is 23.0 Å². The molecule has 0 fully saturated rings. The van der Waals surface area contributed by atoms with Crippen LogP contribution < -0.4 is 0 Å². The number of aryl methyl sites for hydroxylation is 1. The maximum Gasteiger partial charge on any atom is 0.360 e. The van der Waals surface area contributed by atoms with E-state index >= 15 is 0 Å². The SMILES string of the molecule is CCOC(=O)c1ncoc1-c1cc(C)cc(Br)c1. The maximum atomic E-state index is 11.7. The summed E-state index contributed by atoms with van der Waals surface area (Å²) >= 11 is 3.41. The lowest BCUT2D eigenvalue weighted by Gasteiger charge is -2.03. The Morgan fingerprint density at radius 2 is 2.22 bits per heavy atom. The number of carbonyl (C=O) groups excluding carboxylic acids is 1. The third kappa shape index (κ3) is 2.61. The number of esters is 1.